The van der Waals surface area contributed by atoms with Crippen LogP contribution in [0.4, 0.5) is 5.69 Å². The Bertz CT molecular complexity index is 485. The molecule has 0 bridgehead atoms. The highest BCUT2D eigenvalue weighted by molar-refractivity contribution is 9.15. The lowest BCUT2D eigenvalue weighted by atomic mass is 10.2. The highest BCUT2D eigenvalue weighted by Gasteiger charge is 2.27. The van der Waals surface area contributed by atoms with E-state index in [1.807, 2.05) is 0 Å². The average Bonchev–Trinajstić information content (AvgIpc) is 2.57. The van der Waals surface area contributed by atoms with E-state index in [1.165, 1.54) is 0 Å². The Morgan fingerprint density at radius 2 is 2.31 bits per heavy atom. The quantitative estimate of drug-likeness (QED) is 0.787. The van der Waals surface area contributed by atoms with E-state index in [-0.39, 0.29) is 0 Å². The molecular weight excluding hydrogens is 293 g/mol. The standard InChI is InChI=1S/C11H8BrClNO2/c1-2-16-11(15)10-9(12)7-5-6(13)3-4-8(7)14-10/h3-5H,2H2,1H3. The molecule has 0 aromatic heterocycles. The lowest BCUT2D eigenvalue weighted by Gasteiger charge is -2.01. The number of carbonyl (C=O) groups is 1. The van der Waals surface area contributed by atoms with Crippen LogP contribution in [0, 0.1) is 0 Å². The van der Waals surface area contributed by atoms with Crippen molar-refractivity contribution in [2.24, 2.45) is 0 Å². The highest BCUT2D eigenvalue weighted by atomic mass is 79.9. The molecule has 1 aliphatic heterocycles. The molecule has 1 aliphatic rings. The van der Waals surface area contributed by atoms with Crippen LogP contribution in [0.5, 0.6) is 0 Å². The minimum Gasteiger partial charge on any atom is -0.461 e. The molecule has 3 nitrogen and oxygen atoms in total. The molecule has 0 saturated heterocycles. The summed E-state index contributed by atoms with van der Waals surface area (Å²) in [7, 11) is 0. The van der Waals surface area contributed by atoms with E-state index in [9.17, 15) is 4.79 Å². The number of halogens is 2. The van der Waals surface area contributed by atoms with Crippen LogP contribution in [0.2, 0.25) is 5.02 Å². The van der Waals surface area contributed by atoms with Crippen LogP contribution in [0.25, 0.3) is 4.48 Å². The maximum atomic E-state index is 11.6. The summed E-state index contributed by atoms with van der Waals surface area (Å²) in [5.41, 5.74) is 1.83. The molecule has 0 spiro atoms. The van der Waals surface area contributed by atoms with Gasteiger partial charge in [0.05, 0.1) is 16.8 Å². The topological polar surface area (TPSA) is 40.4 Å². The van der Waals surface area contributed by atoms with Gasteiger partial charge < -0.3 is 4.74 Å². The monoisotopic (exact) mass is 300 g/mol. The number of carbonyl (C=O) groups excluding carboxylic acids is 1. The van der Waals surface area contributed by atoms with Gasteiger partial charge in [-0.05, 0) is 41.1 Å². The summed E-state index contributed by atoms with van der Waals surface area (Å²) in [5.74, 6) is -0.429. The van der Waals surface area contributed by atoms with Gasteiger partial charge in [0.2, 0.25) is 0 Å². The third kappa shape index (κ3) is 1.95. The van der Waals surface area contributed by atoms with Crippen LogP contribution in [-0.4, -0.2) is 12.6 Å². The zero-order valence-corrected chi connectivity index (χ0v) is 10.8. The largest absolute Gasteiger partial charge is 0.461 e. The van der Waals surface area contributed by atoms with Gasteiger partial charge in [-0.1, -0.05) is 11.6 Å². The fourth-order valence-electron chi connectivity index (χ4n) is 1.41. The van der Waals surface area contributed by atoms with E-state index in [0.29, 0.717) is 21.8 Å². The number of nitrogens with zero attached hydrogens (tertiary/aromatic N) is 1. The number of hydrogen-bond donors (Lipinski definition) is 0. The van der Waals surface area contributed by atoms with Crippen molar-refractivity contribution in [1.82, 2.24) is 5.32 Å². The summed E-state index contributed by atoms with van der Waals surface area (Å²) < 4.78 is 5.53. The maximum absolute atomic E-state index is 11.6. The fourth-order valence-corrected chi connectivity index (χ4v) is 2.15. The lowest BCUT2D eigenvalue weighted by molar-refractivity contribution is -0.138. The first kappa shape index (κ1) is 11.5. The minimum absolute atomic E-state index is 0.291. The van der Waals surface area contributed by atoms with Crippen LogP contribution in [0.15, 0.2) is 23.9 Å². The average molecular weight is 302 g/mol. The van der Waals surface area contributed by atoms with Gasteiger partial charge in [0, 0.05) is 10.6 Å². The molecule has 1 radical (unpaired) electrons. The van der Waals surface area contributed by atoms with Crippen molar-refractivity contribution in [3.05, 3.63) is 34.5 Å². The van der Waals surface area contributed by atoms with Gasteiger partial charge in [0.25, 0.3) is 0 Å². The predicted molar refractivity (Wildman–Crippen MR) is 65.7 cm³/mol. The molecule has 1 aromatic rings. The maximum Gasteiger partial charge on any atom is 0.358 e. The zero-order valence-electron chi connectivity index (χ0n) is 8.46. The van der Waals surface area contributed by atoms with E-state index >= 15 is 0 Å². The van der Waals surface area contributed by atoms with Crippen molar-refractivity contribution >= 4 is 43.7 Å². The Hall–Kier alpha value is -1.00. The summed E-state index contributed by atoms with van der Waals surface area (Å²) >= 11 is 9.21. The van der Waals surface area contributed by atoms with Crippen molar-refractivity contribution in [2.75, 3.05) is 6.61 Å². The normalized spacial score (nSPS) is 13.4. The van der Waals surface area contributed by atoms with E-state index < -0.39 is 5.97 Å². The molecule has 0 unspecified atom stereocenters. The van der Waals surface area contributed by atoms with Crippen LogP contribution >= 0.6 is 27.5 Å². The fraction of sp³-hybridized carbons (Fsp3) is 0.182. The Morgan fingerprint density at radius 1 is 1.56 bits per heavy atom. The first-order valence-electron chi connectivity index (χ1n) is 4.72. The number of hydrogen-bond acceptors (Lipinski definition) is 2. The number of esters is 1. The smallest absolute Gasteiger partial charge is 0.358 e. The summed E-state index contributed by atoms with van der Waals surface area (Å²) in [4.78, 5) is 11.6. The van der Waals surface area contributed by atoms with Gasteiger partial charge in [0.15, 0.2) is 5.70 Å². The second-order valence-corrected chi connectivity index (χ2v) is 4.39. The Balaban J connectivity index is 2.37. The molecule has 0 saturated carbocycles. The number of ether oxygens (including phenoxy) is 1. The Kier molecular flexibility index (Phi) is 3.21. The molecule has 0 atom stereocenters. The number of rotatable bonds is 2. The second-order valence-electron chi connectivity index (χ2n) is 3.16. The Morgan fingerprint density at radius 3 is 3.00 bits per heavy atom. The van der Waals surface area contributed by atoms with Gasteiger partial charge in [-0.15, -0.1) is 0 Å². The van der Waals surface area contributed by atoms with Gasteiger partial charge >= 0.3 is 5.97 Å². The van der Waals surface area contributed by atoms with Crippen LogP contribution < -0.4 is 5.32 Å². The molecular formula is C11H8BrClNO2. The van der Waals surface area contributed by atoms with Crippen molar-refractivity contribution in [2.45, 2.75) is 6.92 Å². The van der Waals surface area contributed by atoms with E-state index in [2.05, 4.69) is 21.2 Å². The van der Waals surface area contributed by atoms with Crippen LogP contribution in [0.3, 0.4) is 0 Å². The molecule has 1 heterocycles. The summed E-state index contributed by atoms with van der Waals surface area (Å²) in [6.45, 7) is 2.08. The van der Waals surface area contributed by atoms with Crippen LogP contribution in [-0.2, 0) is 9.53 Å². The van der Waals surface area contributed by atoms with Gasteiger partial charge in [-0.3, -0.25) is 0 Å². The SMILES string of the molecule is CCOC(=O)C1=C(Br)c2cc(Cl)ccc2[N]1. The minimum atomic E-state index is -0.429. The zero-order chi connectivity index (χ0) is 11.7. The molecule has 5 heteroatoms. The number of fused-ring (bicyclic) bond motifs is 1. The Labute approximate surface area is 107 Å². The lowest BCUT2D eigenvalue weighted by Crippen LogP contribution is -2.11. The summed E-state index contributed by atoms with van der Waals surface area (Å²) in [5, 5.41) is 4.80. The third-order valence-corrected chi connectivity index (χ3v) is 3.14. The van der Waals surface area contributed by atoms with Gasteiger partial charge in [-0.25, -0.2) is 10.1 Å². The van der Waals surface area contributed by atoms with Gasteiger partial charge in [0.1, 0.15) is 0 Å². The molecule has 0 aliphatic carbocycles. The molecule has 0 fully saturated rings. The summed E-state index contributed by atoms with van der Waals surface area (Å²) in [6, 6.07) is 5.26. The molecule has 1 aromatic carbocycles. The molecule has 2 rings (SSSR count). The predicted octanol–water partition coefficient (Wildman–Crippen LogP) is 3.22. The second kappa shape index (κ2) is 4.47. The van der Waals surface area contributed by atoms with E-state index in [4.69, 9.17) is 16.3 Å². The van der Waals surface area contributed by atoms with Crippen molar-refractivity contribution in [3.63, 3.8) is 0 Å². The molecule has 0 N–H and O–H groups in total. The molecule has 0 amide bonds. The first-order valence-corrected chi connectivity index (χ1v) is 5.89. The van der Waals surface area contributed by atoms with Crippen molar-refractivity contribution in [3.8, 4) is 0 Å². The number of benzene rings is 1. The van der Waals surface area contributed by atoms with E-state index in [1.54, 1.807) is 25.1 Å². The molecule has 83 valence electrons. The molecule has 16 heavy (non-hydrogen) atoms. The van der Waals surface area contributed by atoms with E-state index in [0.717, 1.165) is 11.3 Å². The van der Waals surface area contributed by atoms with Crippen molar-refractivity contribution in [1.29, 1.82) is 0 Å². The van der Waals surface area contributed by atoms with Crippen molar-refractivity contribution < 1.29 is 9.53 Å². The van der Waals surface area contributed by atoms with Crippen LogP contribution in [0.1, 0.15) is 12.5 Å². The highest BCUT2D eigenvalue weighted by Crippen LogP contribution is 2.39. The third-order valence-electron chi connectivity index (χ3n) is 2.10. The van der Waals surface area contributed by atoms with Gasteiger partial charge in [-0.2, -0.15) is 0 Å². The summed E-state index contributed by atoms with van der Waals surface area (Å²) in [6.07, 6.45) is 0. The first-order chi connectivity index (χ1) is 7.63.